The molecule has 0 radical (unpaired) electrons. The Kier molecular flexibility index (Phi) is 7.60. The summed E-state index contributed by atoms with van der Waals surface area (Å²) in [5.41, 5.74) is 1.89. The van der Waals surface area contributed by atoms with E-state index >= 15 is 0 Å². The molecule has 6 heteroatoms. The first-order valence-corrected chi connectivity index (χ1v) is 8.84. The number of benzene rings is 2. The Balaban J connectivity index is 1.80. The lowest BCUT2D eigenvalue weighted by atomic mass is 10.1. The molecule has 1 N–H and O–H groups in total. The van der Waals surface area contributed by atoms with Gasteiger partial charge in [0.15, 0.2) is 6.61 Å². The van der Waals surface area contributed by atoms with Gasteiger partial charge < -0.3 is 10.1 Å². The molecule has 26 heavy (non-hydrogen) atoms. The Morgan fingerprint density at radius 3 is 2.54 bits per heavy atom. The Bertz CT molecular complexity index is 742. The third-order valence-electron chi connectivity index (χ3n) is 3.80. The normalized spacial score (nSPS) is 10.4. The number of nitrogens with one attached hydrogen (secondary N) is 1. The van der Waals surface area contributed by atoms with Crippen LogP contribution in [0.1, 0.15) is 30.9 Å². The molecule has 2 rings (SSSR count). The average molecular weight is 378 g/mol. The van der Waals surface area contributed by atoms with Crippen molar-refractivity contribution in [1.82, 2.24) is 0 Å². The number of halogens is 2. The zero-order valence-corrected chi connectivity index (χ0v) is 15.3. The maximum Gasteiger partial charge on any atom is 0.310 e. The van der Waals surface area contributed by atoms with Gasteiger partial charge in [0.05, 0.1) is 6.42 Å². The molecule has 0 aliphatic carbocycles. The van der Waals surface area contributed by atoms with Crippen LogP contribution >= 0.6 is 11.6 Å². The number of esters is 1. The SMILES string of the molecule is CCCCc1ccc(NC(=O)COC(=O)Cc2c(F)cccc2Cl)cc1. The van der Waals surface area contributed by atoms with Crippen molar-refractivity contribution in [3.63, 3.8) is 0 Å². The fourth-order valence-electron chi connectivity index (χ4n) is 2.38. The van der Waals surface area contributed by atoms with E-state index in [4.69, 9.17) is 16.3 Å². The minimum absolute atomic E-state index is 0.0576. The van der Waals surface area contributed by atoms with Gasteiger partial charge in [-0.25, -0.2) is 4.39 Å². The number of unbranched alkanes of at least 4 members (excludes halogenated alkanes) is 1. The molecule has 0 fully saturated rings. The van der Waals surface area contributed by atoms with Crippen molar-refractivity contribution >= 4 is 29.2 Å². The van der Waals surface area contributed by atoms with Crippen LogP contribution in [0, 0.1) is 5.82 Å². The van der Waals surface area contributed by atoms with Gasteiger partial charge in [0.25, 0.3) is 5.91 Å². The van der Waals surface area contributed by atoms with Gasteiger partial charge in [0.1, 0.15) is 5.82 Å². The standard InChI is InChI=1S/C20H21ClFNO3/c1-2-3-5-14-8-10-15(11-9-14)23-19(24)13-26-20(25)12-16-17(21)6-4-7-18(16)22/h4,6-11H,2-3,5,12-13H2,1H3,(H,23,24). The topological polar surface area (TPSA) is 55.4 Å². The summed E-state index contributed by atoms with van der Waals surface area (Å²) in [6.45, 7) is 1.69. The van der Waals surface area contributed by atoms with Crippen molar-refractivity contribution in [2.24, 2.45) is 0 Å². The highest BCUT2D eigenvalue weighted by atomic mass is 35.5. The molecule has 0 aliphatic rings. The number of hydrogen-bond donors (Lipinski definition) is 1. The fourth-order valence-corrected chi connectivity index (χ4v) is 2.61. The number of rotatable bonds is 8. The first-order chi connectivity index (χ1) is 12.5. The van der Waals surface area contributed by atoms with Crippen LogP contribution < -0.4 is 5.32 Å². The predicted octanol–water partition coefficient (Wildman–Crippen LogP) is 4.55. The van der Waals surface area contributed by atoms with E-state index in [0.717, 1.165) is 19.3 Å². The molecule has 0 heterocycles. The second-order valence-corrected chi connectivity index (χ2v) is 6.29. The average Bonchev–Trinajstić information content (AvgIpc) is 2.62. The molecule has 0 saturated carbocycles. The van der Waals surface area contributed by atoms with Crippen LogP contribution in [-0.4, -0.2) is 18.5 Å². The van der Waals surface area contributed by atoms with Crippen molar-refractivity contribution in [3.05, 3.63) is 64.4 Å². The molecule has 138 valence electrons. The lowest BCUT2D eigenvalue weighted by Gasteiger charge is -2.08. The third-order valence-corrected chi connectivity index (χ3v) is 4.16. The maximum atomic E-state index is 13.6. The Hall–Kier alpha value is -2.40. The van der Waals surface area contributed by atoms with Gasteiger partial charge in [-0.1, -0.05) is 43.1 Å². The molecule has 2 aromatic carbocycles. The van der Waals surface area contributed by atoms with Crippen LogP contribution in [0.3, 0.4) is 0 Å². The molecule has 2 aromatic rings. The van der Waals surface area contributed by atoms with E-state index < -0.39 is 24.3 Å². The quantitative estimate of drug-likeness (QED) is 0.687. The molecular weight excluding hydrogens is 357 g/mol. The molecule has 1 amide bonds. The first-order valence-electron chi connectivity index (χ1n) is 8.47. The number of anilines is 1. The van der Waals surface area contributed by atoms with Crippen molar-refractivity contribution in [2.45, 2.75) is 32.6 Å². The molecule has 0 bridgehead atoms. The molecule has 0 unspecified atom stereocenters. The fraction of sp³-hybridized carbons (Fsp3) is 0.300. The van der Waals surface area contributed by atoms with Crippen molar-refractivity contribution < 1.29 is 18.7 Å². The minimum Gasteiger partial charge on any atom is -0.455 e. The van der Waals surface area contributed by atoms with Crippen molar-refractivity contribution in [2.75, 3.05) is 11.9 Å². The summed E-state index contributed by atoms with van der Waals surface area (Å²) >= 11 is 5.86. The van der Waals surface area contributed by atoms with E-state index in [0.29, 0.717) is 5.69 Å². The maximum absolute atomic E-state index is 13.6. The van der Waals surface area contributed by atoms with Gasteiger partial charge in [0.2, 0.25) is 0 Å². The summed E-state index contributed by atoms with van der Waals surface area (Å²) in [6.07, 6.45) is 2.92. The lowest BCUT2D eigenvalue weighted by molar-refractivity contribution is -0.146. The van der Waals surface area contributed by atoms with Crippen molar-refractivity contribution in [1.29, 1.82) is 0 Å². The summed E-state index contributed by atoms with van der Waals surface area (Å²) < 4.78 is 18.5. The number of aryl methyl sites for hydroxylation is 1. The smallest absolute Gasteiger partial charge is 0.310 e. The Morgan fingerprint density at radius 1 is 1.15 bits per heavy atom. The molecule has 0 spiro atoms. The van der Waals surface area contributed by atoms with Gasteiger partial charge >= 0.3 is 5.97 Å². The lowest BCUT2D eigenvalue weighted by Crippen LogP contribution is -2.21. The van der Waals surface area contributed by atoms with E-state index in [1.807, 2.05) is 24.3 Å². The Morgan fingerprint density at radius 2 is 1.88 bits per heavy atom. The van der Waals surface area contributed by atoms with Gasteiger partial charge in [-0.05, 0) is 42.7 Å². The van der Waals surface area contributed by atoms with E-state index in [2.05, 4.69) is 12.2 Å². The van der Waals surface area contributed by atoms with Gasteiger partial charge in [-0.15, -0.1) is 0 Å². The van der Waals surface area contributed by atoms with Crippen LogP contribution in [0.15, 0.2) is 42.5 Å². The van der Waals surface area contributed by atoms with Gasteiger partial charge in [-0.3, -0.25) is 9.59 Å². The summed E-state index contributed by atoms with van der Waals surface area (Å²) in [5, 5.41) is 2.80. The van der Waals surface area contributed by atoms with E-state index in [9.17, 15) is 14.0 Å². The number of amides is 1. The molecule has 4 nitrogen and oxygen atoms in total. The summed E-state index contributed by atoms with van der Waals surface area (Å²) in [6, 6.07) is 11.7. The number of hydrogen-bond acceptors (Lipinski definition) is 3. The molecule has 0 atom stereocenters. The summed E-state index contributed by atoms with van der Waals surface area (Å²) in [4.78, 5) is 23.7. The zero-order valence-electron chi connectivity index (χ0n) is 14.6. The van der Waals surface area contributed by atoms with E-state index in [1.54, 1.807) is 0 Å². The monoisotopic (exact) mass is 377 g/mol. The van der Waals surface area contributed by atoms with E-state index in [1.165, 1.54) is 23.8 Å². The predicted molar refractivity (Wildman–Crippen MR) is 99.8 cm³/mol. The molecule has 0 aromatic heterocycles. The summed E-state index contributed by atoms with van der Waals surface area (Å²) in [5.74, 6) is -1.76. The second kappa shape index (κ2) is 9.92. The largest absolute Gasteiger partial charge is 0.455 e. The number of ether oxygens (including phenoxy) is 1. The third kappa shape index (κ3) is 6.15. The first kappa shape index (κ1) is 19.9. The van der Waals surface area contributed by atoms with Gasteiger partial charge in [-0.2, -0.15) is 0 Å². The zero-order chi connectivity index (χ0) is 18.9. The molecule has 0 aliphatic heterocycles. The van der Waals surface area contributed by atoms with Crippen LogP contribution in [0.4, 0.5) is 10.1 Å². The van der Waals surface area contributed by atoms with Crippen LogP contribution in [-0.2, 0) is 27.2 Å². The minimum atomic E-state index is -0.720. The highest BCUT2D eigenvalue weighted by Gasteiger charge is 2.14. The van der Waals surface area contributed by atoms with Crippen molar-refractivity contribution in [3.8, 4) is 0 Å². The van der Waals surface area contributed by atoms with Gasteiger partial charge in [0, 0.05) is 16.3 Å². The molecular formula is C20H21ClFNO3. The number of carbonyl (C=O) groups excluding carboxylic acids is 2. The highest BCUT2D eigenvalue weighted by molar-refractivity contribution is 6.31. The van der Waals surface area contributed by atoms with Crippen LogP contribution in [0.2, 0.25) is 5.02 Å². The summed E-state index contributed by atoms with van der Waals surface area (Å²) in [7, 11) is 0. The van der Waals surface area contributed by atoms with Crippen LogP contribution in [0.5, 0.6) is 0 Å². The highest BCUT2D eigenvalue weighted by Crippen LogP contribution is 2.19. The number of carbonyl (C=O) groups is 2. The van der Waals surface area contributed by atoms with Crippen LogP contribution in [0.25, 0.3) is 0 Å². The Labute approximate surface area is 157 Å². The molecule has 0 saturated heterocycles. The van der Waals surface area contributed by atoms with E-state index in [-0.39, 0.29) is 17.0 Å². The second-order valence-electron chi connectivity index (χ2n) is 5.89.